The Labute approximate surface area is 247 Å². The van der Waals surface area contributed by atoms with Crippen molar-refractivity contribution in [3.63, 3.8) is 0 Å². The molecular weight excluding hydrogens is 584 g/mol. The lowest BCUT2D eigenvalue weighted by molar-refractivity contribution is -0.385. The molecule has 216 valence electrons. The predicted octanol–water partition coefficient (Wildman–Crippen LogP) is 5.70. The quantitative estimate of drug-likeness (QED) is 0.131. The third-order valence-electron chi connectivity index (χ3n) is 5.92. The molecule has 0 saturated carbocycles. The molecule has 4 aromatic rings. The smallest absolute Gasteiger partial charge is 0.273 e. The minimum Gasteiger partial charge on any atom is -0.495 e. The summed E-state index contributed by atoms with van der Waals surface area (Å²) in [6, 6.07) is 23.9. The topological polar surface area (TPSA) is 140 Å². The van der Waals surface area contributed by atoms with Gasteiger partial charge < -0.3 is 9.47 Å². The first kappa shape index (κ1) is 30.0. The maximum atomic E-state index is 13.8. The molecule has 0 aliphatic carbocycles. The van der Waals surface area contributed by atoms with Crippen LogP contribution in [-0.4, -0.2) is 39.1 Å². The Morgan fingerprint density at radius 1 is 1.02 bits per heavy atom. The van der Waals surface area contributed by atoms with Crippen LogP contribution in [0.5, 0.6) is 17.2 Å². The Morgan fingerprint density at radius 3 is 2.38 bits per heavy atom. The van der Waals surface area contributed by atoms with E-state index in [4.69, 9.17) is 21.1 Å². The number of nitrogens with zero attached hydrogens (tertiary/aromatic N) is 3. The number of methoxy groups -OCH3 is 1. The van der Waals surface area contributed by atoms with Gasteiger partial charge in [0.2, 0.25) is 0 Å². The lowest BCUT2D eigenvalue weighted by Gasteiger charge is -2.25. The van der Waals surface area contributed by atoms with Gasteiger partial charge in [-0.15, -0.1) is 0 Å². The number of anilines is 1. The Kier molecular flexibility index (Phi) is 9.40. The van der Waals surface area contributed by atoms with Crippen LogP contribution in [0.3, 0.4) is 0 Å². The van der Waals surface area contributed by atoms with Gasteiger partial charge in [-0.05, 0) is 73.2 Å². The molecule has 1 amide bonds. The summed E-state index contributed by atoms with van der Waals surface area (Å²) in [7, 11) is -3.19. The first-order valence-electron chi connectivity index (χ1n) is 12.3. The molecule has 0 aliphatic rings. The summed E-state index contributed by atoms with van der Waals surface area (Å²) in [5, 5.41) is 15.6. The average molecular weight is 609 g/mol. The molecule has 13 heteroatoms. The number of sulfonamides is 1. The molecule has 4 rings (SSSR count). The Hall–Kier alpha value is -4.94. The summed E-state index contributed by atoms with van der Waals surface area (Å²) in [6.45, 7) is 0.753. The van der Waals surface area contributed by atoms with Crippen molar-refractivity contribution < 1.29 is 27.6 Å². The van der Waals surface area contributed by atoms with Crippen LogP contribution >= 0.6 is 11.6 Å². The first-order valence-corrected chi connectivity index (χ1v) is 14.2. The zero-order chi connectivity index (χ0) is 30.3. The fraction of sp³-hybridized carbons (Fsp3) is 0.103. The number of amides is 1. The van der Waals surface area contributed by atoms with E-state index in [2.05, 4.69) is 10.5 Å². The van der Waals surface area contributed by atoms with Crippen LogP contribution in [0.4, 0.5) is 11.4 Å². The highest BCUT2D eigenvalue weighted by atomic mass is 35.5. The summed E-state index contributed by atoms with van der Waals surface area (Å²) in [5.41, 5.74) is 2.80. The standard InChI is InChI=1S/C29H25ClN4O7S/c1-20-8-14-25(17-26(20)34(36)37)42(38,39)33(27-16-22(30)11-15-28(27)40-2)19-29(35)32-31-18-21-9-12-24(13-10-21)41-23-6-4-3-5-7-23/h3-18H,19H2,1-2H3,(H,32,35)/b31-18-. The van der Waals surface area contributed by atoms with Gasteiger partial charge in [-0.25, -0.2) is 13.8 Å². The fourth-order valence-electron chi connectivity index (χ4n) is 3.82. The minimum absolute atomic E-state index is 0.0404. The maximum absolute atomic E-state index is 13.8. The normalized spacial score (nSPS) is 11.2. The van der Waals surface area contributed by atoms with Gasteiger partial charge in [-0.3, -0.25) is 19.2 Å². The zero-order valence-electron chi connectivity index (χ0n) is 22.4. The molecule has 0 spiro atoms. The molecule has 11 nitrogen and oxygen atoms in total. The first-order chi connectivity index (χ1) is 20.1. The largest absolute Gasteiger partial charge is 0.495 e. The number of nitro benzene ring substituents is 1. The van der Waals surface area contributed by atoms with Crippen molar-refractivity contribution in [3.05, 3.63) is 117 Å². The van der Waals surface area contributed by atoms with Gasteiger partial charge in [-0.1, -0.05) is 35.9 Å². The van der Waals surface area contributed by atoms with Crippen LogP contribution in [0.15, 0.2) is 101 Å². The third kappa shape index (κ3) is 7.22. The third-order valence-corrected chi connectivity index (χ3v) is 7.91. The predicted molar refractivity (Wildman–Crippen MR) is 159 cm³/mol. The van der Waals surface area contributed by atoms with Crippen LogP contribution in [0.25, 0.3) is 0 Å². The van der Waals surface area contributed by atoms with Crippen molar-refractivity contribution in [2.24, 2.45) is 5.10 Å². The summed E-state index contributed by atoms with van der Waals surface area (Å²) < 4.78 is 39.4. The molecule has 4 aromatic carbocycles. The van der Waals surface area contributed by atoms with Crippen LogP contribution < -0.4 is 19.2 Å². The molecule has 0 saturated heterocycles. The van der Waals surface area contributed by atoms with Crippen LogP contribution in [0.2, 0.25) is 5.02 Å². The highest BCUT2D eigenvalue weighted by Crippen LogP contribution is 2.35. The Morgan fingerprint density at radius 2 is 1.71 bits per heavy atom. The van der Waals surface area contributed by atoms with Gasteiger partial charge in [0.25, 0.3) is 21.6 Å². The number of nitrogens with one attached hydrogen (secondary N) is 1. The zero-order valence-corrected chi connectivity index (χ0v) is 24.0. The number of para-hydroxylation sites is 1. The number of hydrogen-bond donors (Lipinski definition) is 1. The van der Waals surface area contributed by atoms with Gasteiger partial charge in [0, 0.05) is 16.7 Å². The number of hydrogen-bond acceptors (Lipinski definition) is 8. The molecule has 1 N–H and O–H groups in total. The fourth-order valence-corrected chi connectivity index (χ4v) is 5.43. The van der Waals surface area contributed by atoms with Crippen molar-refractivity contribution in [2.75, 3.05) is 18.0 Å². The molecule has 0 aliphatic heterocycles. The average Bonchev–Trinajstić information content (AvgIpc) is 2.97. The number of nitro groups is 1. The van der Waals surface area contributed by atoms with E-state index < -0.39 is 32.3 Å². The van der Waals surface area contributed by atoms with E-state index in [0.29, 0.717) is 17.1 Å². The number of hydrazone groups is 1. The van der Waals surface area contributed by atoms with Crippen LogP contribution in [0.1, 0.15) is 11.1 Å². The lowest BCUT2D eigenvalue weighted by Crippen LogP contribution is -2.39. The van der Waals surface area contributed by atoms with Crippen LogP contribution in [0, 0.1) is 17.0 Å². The summed E-state index contributed by atoms with van der Waals surface area (Å²) in [5.74, 6) is 0.610. The van der Waals surface area contributed by atoms with Gasteiger partial charge in [0.05, 0.1) is 28.8 Å². The molecule has 42 heavy (non-hydrogen) atoms. The Bertz CT molecular complexity index is 1730. The second-order valence-electron chi connectivity index (χ2n) is 8.81. The molecular formula is C29H25ClN4O7S. The van der Waals surface area contributed by atoms with E-state index in [1.807, 2.05) is 30.3 Å². The molecule has 0 fully saturated rings. The van der Waals surface area contributed by atoms with Crippen molar-refractivity contribution in [3.8, 4) is 17.2 Å². The number of carbonyl (C=O) groups excluding carboxylic acids is 1. The number of ether oxygens (including phenoxy) is 2. The number of rotatable bonds is 11. The van der Waals surface area contributed by atoms with Gasteiger partial charge in [0.1, 0.15) is 23.8 Å². The highest BCUT2D eigenvalue weighted by molar-refractivity contribution is 7.92. The highest BCUT2D eigenvalue weighted by Gasteiger charge is 2.31. The SMILES string of the molecule is COc1ccc(Cl)cc1N(CC(=O)N/N=C\c1ccc(Oc2ccccc2)cc1)S(=O)(=O)c1ccc(C)c([N+](=O)[O-])c1. The van der Waals surface area contributed by atoms with Crippen molar-refractivity contribution >= 4 is 45.1 Å². The van der Waals surface area contributed by atoms with E-state index >= 15 is 0 Å². The summed E-state index contributed by atoms with van der Waals surface area (Å²) in [6.07, 6.45) is 1.38. The van der Waals surface area contributed by atoms with E-state index in [-0.39, 0.29) is 27.7 Å². The monoisotopic (exact) mass is 608 g/mol. The minimum atomic E-state index is -4.52. The van der Waals surface area contributed by atoms with E-state index in [1.165, 1.54) is 50.6 Å². The van der Waals surface area contributed by atoms with Crippen LogP contribution in [-0.2, 0) is 14.8 Å². The van der Waals surface area contributed by atoms with Crippen molar-refractivity contribution in [1.82, 2.24) is 5.43 Å². The number of carbonyl (C=O) groups is 1. The summed E-state index contributed by atoms with van der Waals surface area (Å²) in [4.78, 5) is 23.3. The second-order valence-corrected chi connectivity index (χ2v) is 11.1. The second kappa shape index (κ2) is 13.1. The maximum Gasteiger partial charge on any atom is 0.273 e. The number of benzene rings is 4. The lowest BCUT2D eigenvalue weighted by atomic mass is 10.2. The molecule has 0 bridgehead atoms. The summed E-state index contributed by atoms with van der Waals surface area (Å²) >= 11 is 6.15. The molecule has 0 heterocycles. The number of halogens is 1. The van der Waals surface area contributed by atoms with E-state index in [9.17, 15) is 23.3 Å². The van der Waals surface area contributed by atoms with Gasteiger partial charge in [0.15, 0.2) is 0 Å². The van der Waals surface area contributed by atoms with Crippen molar-refractivity contribution in [2.45, 2.75) is 11.8 Å². The molecule has 0 aromatic heterocycles. The van der Waals surface area contributed by atoms with E-state index in [1.54, 1.807) is 24.3 Å². The Balaban J connectivity index is 1.56. The van der Waals surface area contributed by atoms with E-state index in [0.717, 1.165) is 10.4 Å². The van der Waals surface area contributed by atoms with Gasteiger partial charge >= 0.3 is 0 Å². The molecule has 0 unspecified atom stereocenters. The van der Waals surface area contributed by atoms with Crippen molar-refractivity contribution in [1.29, 1.82) is 0 Å². The molecule has 0 radical (unpaired) electrons. The molecule has 0 atom stereocenters. The van der Waals surface area contributed by atoms with Gasteiger partial charge in [-0.2, -0.15) is 5.10 Å². The number of aryl methyl sites for hydroxylation is 1.